The maximum absolute atomic E-state index is 11.3. The number of rotatable bonds is 10. The standard InChI is InChI=1S/C14H28N2O4Si/c1-4-7-8-9-10-11-12-19-13(17)15-16-14(18)20-21(5-2)6-3/h21H,4-12H2,1-3H3. The number of unbranched alkanes of at least 4 members (excludes halogenated alkanes) is 5. The molecule has 0 aromatic rings. The summed E-state index contributed by atoms with van der Waals surface area (Å²) < 4.78 is 9.97. The van der Waals surface area contributed by atoms with Gasteiger partial charge in [-0.15, -0.1) is 0 Å². The van der Waals surface area contributed by atoms with Gasteiger partial charge >= 0.3 is 12.2 Å². The van der Waals surface area contributed by atoms with E-state index in [1.54, 1.807) is 0 Å². The van der Waals surface area contributed by atoms with Gasteiger partial charge in [-0.25, -0.2) is 9.59 Å². The Labute approximate surface area is 129 Å². The van der Waals surface area contributed by atoms with E-state index in [2.05, 4.69) is 17.2 Å². The average molecular weight is 316 g/mol. The summed E-state index contributed by atoms with van der Waals surface area (Å²) in [6.45, 7) is 6.43. The fourth-order valence-corrected chi connectivity index (χ4v) is 3.02. The number of nitrogens with zero attached hydrogens (tertiary/aromatic N) is 2. The highest BCUT2D eigenvalue weighted by Crippen LogP contribution is 2.05. The Morgan fingerprint density at radius 1 is 0.857 bits per heavy atom. The largest absolute Gasteiger partial charge is 0.504 e. The van der Waals surface area contributed by atoms with Crippen LogP contribution in [0.1, 0.15) is 59.3 Å². The van der Waals surface area contributed by atoms with Crippen molar-refractivity contribution in [3.05, 3.63) is 0 Å². The van der Waals surface area contributed by atoms with Crippen LogP contribution in [-0.4, -0.2) is 27.8 Å². The molecule has 6 nitrogen and oxygen atoms in total. The third kappa shape index (κ3) is 12.2. The highest BCUT2D eigenvalue weighted by molar-refractivity contribution is 6.53. The van der Waals surface area contributed by atoms with Gasteiger partial charge in [0, 0.05) is 0 Å². The van der Waals surface area contributed by atoms with E-state index >= 15 is 0 Å². The molecule has 0 saturated carbocycles. The molecule has 0 rings (SSSR count). The van der Waals surface area contributed by atoms with Crippen molar-refractivity contribution in [3.8, 4) is 0 Å². The van der Waals surface area contributed by atoms with E-state index < -0.39 is 21.2 Å². The predicted molar refractivity (Wildman–Crippen MR) is 84.2 cm³/mol. The first-order valence-corrected chi connectivity index (χ1v) is 10.0. The number of carbonyl (C=O) groups excluding carboxylic acids is 2. The molecule has 21 heavy (non-hydrogen) atoms. The quantitative estimate of drug-likeness (QED) is 0.328. The second kappa shape index (κ2) is 13.7. The number of amides is 2. The molecular formula is C14H28N2O4Si. The minimum Gasteiger partial charge on any atom is -0.504 e. The lowest BCUT2D eigenvalue weighted by molar-refractivity contribution is 0.151. The van der Waals surface area contributed by atoms with Crippen LogP contribution in [0.5, 0.6) is 0 Å². The Morgan fingerprint density at radius 3 is 2.05 bits per heavy atom. The molecule has 0 N–H and O–H groups in total. The summed E-state index contributed by atoms with van der Waals surface area (Å²) in [4.78, 5) is 22.5. The van der Waals surface area contributed by atoms with E-state index in [9.17, 15) is 9.59 Å². The minimum atomic E-state index is -1.51. The lowest BCUT2D eigenvalue weighted by Crippen LogP contribution is -2.18. The van der Waals surface area contributed by atoms with E-state index in [0.29, 0.717) is 6.61 Å². The fraction of sp³-hybridized carbons (Fsp3) is 0.857. The number of carbonyl (C=O) groups is 2. The summed E-state index contributed by atoms with van der Waals surface area (Å²) in [5.74, 6) is 0. The number of ether oxygens (including phenoxy) is 1. The van der Waals surface area contributed by atoms with Crippen molar-refractivity contribution >= 4 is 21.2 Å². The van der Waals surface area contributed by atoms with Crippen LogP contribution in [0, 0.1) is 0 Å². The maximum Gasteiger partial charge on any atom is 0.452 e. The van der Waals surface area contributed by atoms with Crippen LogP contribution >= 0.6 is 0 Å². The van der Waals surface area contributed by atoms with Crippen molar-refractivity contribution in [1.29, 1.82) is 0 Å². The van der Waals surface area contributed by atoms with Crippen LogP contribution in [0.2, 0.25) is 12.1 Å². The Morgan fingerprint density at radius 2 is 1.43 bits per heavy atom. The zero-order valence-electron chi connectivity index (χ0n) is 13.5. The lowest BCUT2D eigenvalue weighted by Gasteiger charge is -2.08. The van der Waals surface area contributed by atoms with Crippen molar-refractivity contribution in [2.24, 2.45) is 10.2 Å². The molecule has 0 bridgehead atoms. The predicted octanol–water partition coefficient (Wildman–Crippen LogP) is 4.84. The van der Waals surface area contributed by atoms with E-state index in [1.165, 1.54) is 19.3 Å². The molecule has 0 aliphatic carbocycles. The van der Waals surface area contributed by atoms with E-state index in [-0.39, 0.29) is 0 Å². The second-order valence-electron chi connectivity index (χ2n) is 4.90. The minimum absolute atomic E-state index is 0.320. The van der Waals surface area contributed by atoms with Gasteiger partial charge in [-0.05, 0) is 18.5 Å². The van der Waals surface area contributed by atoms with Gasteiger partial charge < -0.3 is 9.16 Å². The highest BCUT2D eigenvalue weighted by atomic mass is 28.3. The Balaban J connectivity index is 3.68. The molecule has 0 aromatic carbocycles. The van der Waals surface area contributed by atoms with Crippen molar-refractivity contribution in [2.75, 3.05) is 6.61 Å². The van der Waals surface area contributed by atoms with E-state index in [4.69, 9.17) is 9.16 Å². The lowest BCUT2D eigenvalue weighted by atomic mass is 10.1. The molecule has 122 valence electrons. The molecular weight excluding hydrogens is 288 g/mol. The van der Waals surface area contributed by atoms with Gasteiger partial charge in [0.15, 0.2) is 0 Å². The molecule has 0 atom stereocenters. The average Bonchev–Trinajstić information content (AvgIpc) is 2.49. The second-order valence-corrected chi connectivity index (χ2v) is 8.02. The SMILES string of the molecule is CCCCCCCCOC(=O)N=NC(=O)O[SiH](CC)CC. The maximum atomic E-state index is 11.3. The summed E-state index contributed by atoms with van der Waals surface area (Å²) in [7, 11) is -1.51. The normalized spacial score (nSPS) is 11.0. The molecule has 0 unspecified atom stereocenters. The number of hydrogen-bond donors (Lipinski definition) is 0. The third-order valence-electron chi connectivity index (χ3n) is 3.11. The van der Waals surface area contributed by atoms with Crippen LogP contribution in [-0.2, 0) is 9.16 Å². The van der Waals surface area contributed by atoms with Crippen LogP contribution < -0.4 is 0 Å². The van der Waals surface area contributed by atoms with E-state index in [1.807, 2.05) is 13.8 Å². The van der Waals surface area contributed by atoms with Crippen LogP contribution in [0.15, 0.2) is 10.2 Å². The van der Waals surface area contributed by atoms with Gasteiger partial charge in [-0.2, -0.15) is 0 Å². The molecule has 0 heterocycles. The summed E-state index contributed by atoms with van der Waals surface area (Å²) >= 11 is 0. The fourth-order valence-electron chi connectivity index (χ4n) is 1.77. The van der Waals surface area contributed by atoms with Crippen LogP contribution in [0.25, 0.3) is 0 Å². The molecule has 0 radical (unpaired) electrons. The summed E-state index contributed by atoms with van der Waals surface area (Å²) in [6, 6.07) is 1.69. The van der Waals surface area contributed by atoms with Crippen LogP contribution in [0.4, 0.5) is 9.59 Å². The van der Waals surface area contributed by atoms with Crippen molar-refractivity contribution < 1.29 is 18.8 Å². The summed E-state index contributed by atoms with van der Waals surface area (Å²) in [5, 5.41) is 6.43. The van der Waals surface area contributed by atoms with Crippen LogP contribution in [0.3, 0.4) is 0 Å². The first kappa shape index (κ1) is 19.8. The molecule has 7 heteroatoms. The third-order valence-corrected chi connectivity index (χ3v) is 5.47. The van der Waals surface area contributed by atoms with Gasteiger partial charge in [0.05, 0.1) is 6.61 Å². The Hall–Kier alpha value is -1.24. The summed E-state index contributed by atoms with van der Waals surface area (Å²) in [5.41, 5.74) is 0. The highest BCUT2D eigenvalue weighted by Gasteiger charge is 2.12. The topological polar surface area (TPSA) is 77.3 Å². The molecule has 0 fully saturated rings. The molecule has 0 aliphatic rings. The Kier molecular flexibility index (Phi) is 12.9. The van der Waals surface area contributed by atoms with E-state index in [0.717, 1.165) is 31.4 Å². The van der Waals surface area contributed by atoms with Crippen molar-refractivity contribution in [1.82, 2.24) is 0 Å². The van der Waals surface area contributed by atoms with Gasteiger partial charge in [0.25, 0.3) is 0 Å². The van der Waals surface area contributed by atoms with Crippen molar-refractivity contribution in [3.63, 3.8) is 0 Å². The zero-order chi connectivity index (χ0) is 15.9. The molecule has 0 aromatic heterocycles. The van der Waals surface area contributed by atoms with Gasteiger partial charge in [0.2, 0.25) is 9.04 Å². The zero-order valence-corrected chi connectivity index (χ0v) is 14.6. The molecule has 0 aliphatic heterocycles. The van der Waals surface area contributed by atoms with Gasteiger partial charge in [0.1, 0.15) is 0 Å². The summed E-state index contributed by atoms with van der Waals surface area (Å²) in [6.07, 6.45) is 5.07. The van der Waals surface area contributed by atoms with Crippen molar-refractivity contribution in [2.45, 2.75) is 71.4 Å². The van der Waals surface area contributed by atoms with Gasteiger partial charge in [-0.1, -0.05) is 63.1 Å². The monoisotopic (exact) mass is 316 g/mol. The first-order valence-electron chi connectivity index (χ1n) is 7.93. The number of azo groups is 1. The molecule has 2 amide bonds. The number of hydrogen-bond acceptors (Lipinski definition) is 4. The Bertz CT molecular complexity index is 320. The molecule has 0 saturated heterocycles. The smallest absolute Gasteiger partial charge is 0.452 e. The van der Waals surface area contributed by atoms with Gasteiger partial charge in [-0.3, -0.25) is 0 Å². The molecule has 0 spiro atoms. The first-order chi connectivity index (χ1) is 10.1.